The second kappa shape index (κ2) is 19.5. The molecule has 16 nitrogen and oxygen atoms in total. The molecule has 0 atom stereocenters. The van der Waals surface area contributed by atoms with E-state index in [0.717, 1.165) is 19.4 Å². The molecule has 52 heavy (non-hydrogen) atoms. The van der Waals surface area contributed by atoms with Gasteiger partial charge in [0, 0.05) is 31.4 Å². The minimum atomic E-state index is -1.20. The highest BCUT2D eigenvalue weighted by molar-refractivity contribution is 5.98. The Morgan fingerprint density at radius 1 is 0.865 bits per heavy atom. The van der Waals surface area contributed by atoms with E-state index < -0.39 is 48.1 Å². The maximum Gasteiger partial charge on any atom is 0.516 e. The summed E-state index contributed by atoms with van der Waals surface area (Å²) >= 11 is 0. The SMILES string of the molecule is COc1c(C)c2c(c(O)c1C/C=C(\C)CCC(=O)OC(=O)OCc1ccc(OC(=O)CCC(=O)OC(COC(C)=O)COC(C)=O)cc1)C(=O)OC2. The van der Waals surface area contributed by atoms with Crippen molar-refractivity contribution in [2.45, 2.75) is 79.1 Å². The number of fused-ring (bicyclic) bond motifs is 1. The van der Waals surface area contributed by atoms with E-state index in [2.05, 4.69) is 0 Å². The van der Waals surface area contributed by atoms with Crippen molar-refractivity contribution in [1.82, 2.24) is 0 Å². The van der Waals surface area contributed by atoms with Gasteiger partial charge in [-0.1, -0.05) is 23.8 Å². The van der Waals surface area contributed by atoms with Crippen molar-refractivity contribution < 1.29 is 76.6 Å². The Morgan fingerprint density at radius 3 is 2.10 bits per heavy atom. The molecule has 1 N–H and O–H groups in total. The maximum absolute atomic E-state index is 12.2. The van der Waals surface area contributed by atoms with E-state index in [4.69, 9.17) is 37.9 Å². The number of ether oxygens (including phenoxy) is 8. The highest BCUT2D eigenvalue weighted by Crippen LogP contribution is 2.42. The lowest BCUT2D eigenvalue weighted by Gasteiger charge is -2.17. The Morgan fingerprint density at radius 2 is 1.48 bits per heavy atom. The predicted octanol–water partition coefficient (Wildman–Crippen LogP) is 4.25. The van der Waals surface area contributed by atoms with Crippen LogP contribution in [0.1, 0.15) is 79.1 Å². The van der Waals surface area contributed by atoms with E-state index in [1.165, 1.54) is 31.4 Å². The van der Waals surface area contributed by atoms with Gasteiger partial charge in [0.2, 0.25) is 0 Å². The number of hydrogen-bond acceptors (Lipinski definition) is 16. The minimum Gasteiger partial charge on any atom is -0.507 e. The summed E-state index contributed by atoms with van der Waals surface area (Å²) in [5.41, 5.74) is 3.06. The third-order valence-electron chi connectivity index (χ3n) is 7.51. The van der Waals surface area contributed by atoms with Gasteiger partial charge in [-0.15, -0.1) is 0 Å². The van der Waals surface area contributed by atoms with Crippen LogP contribution in [0.4, 0.5) is 4.79 Å². The van der Waals surface area contributed by atoms with E-state index in [1.807, 2.05) is 0 Å². The van der Waals surface area contributed by atoms with E-state index in [0.29, 0.717) is 28.0 Å². The summed E-state index contributed by atoms with van der Waals surface area (Å²) in [5.74, 6) is -3.82. The van der Waals surface area contributed by atoms with Crippen molar-refractivity contribution in [3.05, 3.63) is 63.7 Å². The van der Waals surface area contributed by atoms with Crippen LogP contribution in [0.25, 0.3) is 0 Å². The van der Waals surface area contributed by atoms with Crippen molar-refractivity contribution in [1.29, 1.82) is 0 Å². The van der Waals surface area contributed by atoms with Crippen LogP contribution >= 0.6 is 0 Å². The zero-order valence-electron chi connectivity index (χ0n) is 29.4. The molecule has 2 aromatic rings. The van der Waals surface area contributed by atoms with Gasteiger partial charge in [-0.25, -0.2) is 9.59 Å². The molecule has 1 aliphatic heterocycles. The summed E-state index contributed by atoms with van der Waals surface area (Å²) in [6.07, 6.45) is -0.835. The average molecular weight is 729 g/mol. The number of methoxy groups -OCH3 is 1. The third-order valence-corrected chi connectivity index (χ3v) is 7.51. The standard InChI is InChI=1S/C36H40O16/c1-20(6-12-27-33(42)32-28(19-48-35(32)43)21(2)34(27)45-5)7-13-31(41)52-36(44)49-16-24-8-10-25(11-9-24)50-29(39)14-15-30(40)51-26(17-46-22(3)37)18-47-23(4)38/h6,8-11,26,42H,7,12-19H2,1-5H3/b20-6+. The molecule has 3 rings (SSSR count). The van der Waals surface area contributed by atoms with Crippen LogP contribution in [0.15, 0.2) is 35.9 Å². The number of rotatable bonds is 17. The number of phenolic OH excluding ortho intramolecular Hbond substituents is 1. The largest absolute Gasteiger partial charge is 0.516 e. The summed E-state index contributed by atoms with van der Waals surface area (Å²) in [6.45, 7) is 5.02. The molecule has 280 valence electrons. The summed E-state index contributed by atoms with van der Waals surface area (Å²) in [7, 11) is 1.46. The van der Waals surface area contributed by atoms with E-state index >= 15 is 0 Å². The van der Waals surface area contributed by atoms with Crippen molar-refractivity contribution >= 4 is 42.0 Å². The lowest BCUT2D eigenvalue weighted by Crippen LogP contribution is -2.30. The van der Waals surface area contributed by atoms with Crippen LogP contribution in [0.5, 0.6) is 17.2 Å². The van der Waals surface area contributed by atoms with Crippen molar-refractivity contribution in [3.8, 4) is 17.2 Å². The van der Waals surface area contributed by atoms with Crippen LogP contribution < -0.4 is 9.47 Å². The monoisotopic (exact) mass is 728 g/mol. The molecule has 0 spiro atoms. The maximum atomic E-state index is 12.2. The lowest BCUT2D eigenvalue weighted by molar-refractivity contribution is -0.165. The molecule has 1 heterocycles. The first-order chi connectivity index (χ1) is 24.7. The second-order valence-corrected chi connectivity index (χ2v) is 11.5. The van der Waals surface area contributed by atoms with E-state index in [-0.39, 0.29) is 75.6 Å². The Hall–Kier alpha value is -5.93. The Labute approximate surface area is 298 Å². The summed E-state index contributed by atoms with van der Waals surface area (Å²) in [4.78, 5) is 82.9. The number of carbonyl (C=O) groups is 7. The van der Waals surface area contributed by atoms with Crippen LogP contribution in [0.3, 0.4) is 0 Å². The van der Waals surface area contributed by atoms with E-state index in [1.54, 1.807) is 19.9 Å². The van der Waals surface area contributed by atoms with Gasteiger partial charge in [0.1, 0.15) is 49.2 Å². The van der Waals surface area contributed by atoms with Gasteiger partial charge in [-0.3, -0.25) is 24.0 Å². The van der Waals surface area contributed by atoms with Gasteiger partial charge < -0.3 is 43.0 Å². The van der Waals surface area contributed by atoms with Gasteiger partial charge in [-0.2, -0.15) is 0 Å². The topological polar surface area (TPSA) is 214 Å². The first-order valence-electron chi connectivity index (χ1n) is 16.1. The quantitative estimate of drug-likeness (QED) is 0.0792. The molecule has 0 saturated carbocycles. The Balaban J connectivity index is 1.38. The second-order valence-electron chi connectivity index (χ2n) is 11.5. The Bertz CT molecular complexity index is 1690. The molecule has 0 unspecified atom stereocenters. The molecule has 0 amide bonds. The van der Waals surface area contributed by atoms with Crippen molar-refractivity contribution in [3.63, 3.8) is 0 Å². The van der Waals surface area contributed by atoms with Gasteiger partial charge in [0.05, 0.1) is 20.0 Å². The number of esters is 6. The molecule has 0 bridgehead atoms. The molecule has 2 aromatic carbocycles. The highest BCUT2D eigenvalue weighted by atomic mass is 16.7. The predicted molar refractivity (Wildman–Crippen MR) is 176 cm³/mol. The van der Waals surface area contributed by atoms with Crippen LogP contribution in [-0.2, 0) is 72.0 Å². The summed E-state index contributed by atoms with van der Waals surface area (Å²) in [5, 5.41) is 10.7. The smallest absolute Gasteiger partial charge is 0.507 e. The number of aromatic hydroxyl groups is 1. The molecule has 0 fully saturated rings. The average Bonchev–Trinajstić information content (AvgIpc) is 3.49. The fraction of sp³-hybridized carbons (Fsp3) is 0.417. The van der Waals surface area contributed by atoms with Crippen LogP contribution in [0.2, 0.25) is 0 Å². The number of allylic oxidation sites excluding steroid dienone is 2. The first kappa shape index (κ1) is 40.5. The Kier molecular flexibility index (Phi) is 15.2. The van der Waals surface area contributed by atoms with Crippen molar-refractivity contribution in [2.75, 3.05) is 20.3 Å². The third kappa shape index (κ3) is 12.4. The molecule has 16 heteroatoms. The normalized spacial score (nSPS) is 12.0. The fourth-order valence-electron chi connectivity index (χ4n) is 4.84. The molecule has 0 aliphatic carbocycles. The molecule has 0 radical (unpaired) electrons. The zero-order chi connectivity index (χ0) is 38.4. The molecule has 0 aromatic heterocycles. The number of cyclic esters (lactones) is 1. The summed E-state index contributed by atoms with van der Waals surface area (Å²) < 4.78 is 40.1. The summed E-state index contributed by atoms with van der Waals surface area (Å²) in [6, 6.07) is 5.87. The zero-order valence-corrected chi connectivity index (χ0v) is 29.4. The van der Waals surface area contributed by atoms with E-state index in [9.17, 15) is 38.7 Å². The molecule has 1 aliphatic rings. The number of phenols is 1. The van der Waals surface area contributed by atoms with Crippen molar-refractivity contribution in [2.24, 2.45) is 0 Å². The fourth-order valence-corrected chi connectivity index (χ4v) is 4.84. The van der Waals surface area contributed by atoms with Gasteiger partial charge in [0.25, 0.3) is 0 Å². The number of carbonyl (C=O) groups excluding carboxylic acids is 7. The van der Waals surface area contributed by atoms with Crippen LogP contribution in [0, 0.1) is 6.92 Å². The highest BCUT2D eigenvalue weighted by Gasteiger charge is 2.32. The minimum absolute atomic E-state index is 0.0594. The molecule has 0 saturated heterocycles. The lowest BCUT2D eigenvalue weighted by atomic mass is 9.94. The first-order valence-corrected chi connectivity index (χ1v) is 16.1. The van der Waals surface area contributed by atoms with Gasteiger partial charge in [-0.05, 0) is 49.9 Å². The molecular formula is C36H40O16. The molecular weight excluding hydrogens is 688 g/mol. The van der Waals surface area contributed by atoms with Gasteiger partial charge in [0.15, 0.2) is 6.10 Å². The number of benzene rings is 2. The van der Waals surface area contributed by atoms with Gasteiger partial charge >= 0.3 is 42.0 Å². The number of hydrogen-bond donors (Lipinski definition) is 1. The van der Waals surface area contributed by atoms with Crippen LogP contribution in [-0.4, -0.2) is 73.5 Å².